The predicted octanol–water partition coefficient (Wildman–Crippen LogP) is 4.03. The van der Waals surface area contributed by atoms with E-state index in [1.165, 1.54) is 10.4 Å². The van der Waals surface area contributed by atoms with E-state index in [0.29, 0.717) is 19.5 Å². The van der Waals surface area contributed by atoms with Crippen molar-refractivity contribution in [2.24, 2.45) is 0 Å². The molecule has 0 unspecified atom stereocenters. The van der Waals surface area contributed by atoms with Crippen LogP contribution < -0.4 is 10.4 Å². The van der Waals surface area contributed by atoms with Crippen molar-refractivity contribution in [3.8, 4) is 0 Å². The normalized spacial score (nSPS) is 13.8. The molecule has 0 aromatic heterocycles. The Morgan fingerprint density at radius 2 is 1.23 bits per heavy atom. The van der Waals surface area contributed by atoms with Crippen molar-refractivity contribution in [1.82, 2.24) is 0 Å². The molecule has 4 radical (unpaired) electrons. The van der Waals surface area contributed by atoms with Gasteiger partial charge in [-0.15, -0.1) is 0 Å². The minimum absolute atomic E-state index is 0.143. The zero-order valence-corrected chi connectivity index (χ0v) is 22.0. The molecule has 0 heterocycles. The Morgan fingerprint density at radius 1 is 0.808 bits per heavy atom. The number of hydrogen-bond acceptors (Lipinski definition) is 3. The number of carbonyl (C=O) groups is 1. The Morgan fingerprint density at radius 3 is 1.62 bits per heavy atom. The van der Waals surface area contributed by atoms with Gasteiger partial charge >= 0.3 is 0 Å². The first-order chi connectivity index (χ1) is 11.6. The molecule has 144 valence electrons. The smallest absolute Gasteiger partial charge is 0.221 e. The highest BCUT2D eigenvalue weighted by atomic mass is 28.4. The minimum Gasteiger partial charge on any atom is -0.452 e. The van der Waals surface area contributed by atoms with E-state index in [1.54, 1.807) is 0 Å². The van der Waals surface area contributed by atoms with Crippen LogP contribution in [0.15, 0.2) is 18.2 Å². The summed E-state index contributed by atoms with van der Waals surface area (Å²) >= 11 is 0. The maximum Gasteiger partial charge on any atom is 0.221 e. The SMILES string of the molecule is CC(C)(C)[Si]O[Si](C)(C)c1ccc(C=O)cc1[Si](C)(C)O[Si]C(C)(C)C. The zero-order valence-electron chi connectivity index (χ0n) is 18.0. The summed E-state index contributed by atoms with van der Waals surface area (Å²) in [5.41, 5.74) is 0.718. The molecular formula is C19H34O3Si4. The molecule has 1 aromatic carbocycles. The first-order valence-corrected chi connectivity index (χ1v) is 16.7. The van der Waals surface area contributed by atoms with Crippen LogP contribution in [-0.2, 0) is 8.23 Å². The summed E-state index contributed by atoms with van der Waals surface area (Å²) in [6, 6.07) is 6.07. The minimum atomic E-state index is -2.15. The maximum absolute atomic E-state index is 11.4. The van der Waals surface area contributed by atoms with Crippen LogP contribution >= 0.6 is 0 Å². The first-order valence-electron chi connectivity index (χ1n) is 9.08. The summed E-state index contributed by atoms with van der Waals surface area (Å²) in [6.07, 6.45) is 0.927. The Bertz CT molecular complexity index is 629. The second-order valence-corrected chi connectivity index (χ2v) is 22.0. The van der Waals surface area contributed by atoms with E-state index in [9.17, 15) is 4.79 Å². The fourth-order valence-electron chi connectivity index (χ4n) is 2.33. The van der Waals surface area contributed by atoms with Gasteiger partial charge in [0.25, 0.3) is 0 Å². The number of hydrogen-bond donors (Lipinski definition) is 0. The molecule has 0 aliphatic carbocycles. The number of carbonyl (C=O) groups excluding carboxylic acids is 1. The monoisotopic (exact) mass is 422 g/mol. The molecule has 0 bridgehead atoms. The molecule has 0 saturated heterocycles. The van der Waals surface area contributed by atoms with Gasteiger partial charge in [0.2, 0.25) is 36.2 Å². The Kier molecular flexibility index (Phi) is 7.63. The van der Waals surface area contributed by atoms with E-state index < -0.39 is 16.6 Å². The maximum atomic E-state index is 11.4. The molecule has 0 amide bonds. The van der Waals surface area contributed by atoms with E-state index >= 15 is 0 Å². The van der Waals surface area contributed by atoms with Crippen molar-refractivity contribution >= 4 is 52.8 Å². The number of rotatable bonds is 7. The lowest BCUT2D eigenvalue weighted by Gasteiger charge is -2.35. The molecule has 0 spiro atoms. The van der Waals surface area contributed by atoms with Gasteiger partial charge in [-0.2, -0.15) is 0 Å². The van der Waals surface area contributed by atoms with Gasteiger partial charge in [0.15, 0.2) is 0 Å². The van der Waals surface area contributed by atoms with E-state index in [4.69, 9.17) is 8.23 Å². The van der Waals surface area contributed by atoms with Crippen molar-refractivity contribution in [3.05, 3.63) is 23.8 Å². The number of benzene rings is 1. The predicted molar refractivity (Wildman–Crippen MR) is 119 cm³/mol. The highest BCUT2D eigenvalue weighted by Crippen LogP contribution is 2.24. The fraction of sp³-hybridized carbons (Fsp3) is 0.632. The molecule has 3 nitrogen and oxygen atoms in total. The third-order valence-electron chi connectivity index (χ3n) is 3.70. The third kappa shape index (κ3) is 7.36. The standard InChI is InChI=1S/C19H34O3Si4/c1-18(2,3)23-21-25(7,8)16-12-11-15(14-20)13-17(16)26(9,10)22-24-19(4,5)6/h11-14H,1-10H3. The van der Waals surface area contributed by atoms with Crippen LogP contribution in [0.3, 0.4) is 0 Å². The van der Waals surface area contributed by atoms with Crippen molar-refractivity contribution in [2.75, 3.05) is 0 Å². The second-order valence-electron chi connectivity index (χ2n) is 9.85. The number of aldehydes is 1. The topological polar surface area (TPSA) is 35.5 Å². The van der Waals surface area contributed by atoms with Crippen LogP contribution in [0.1, 0.15) is 51.9 Å². The molecule has 0 saturated carbocycles. The van der Waals surface area contributed by atoms with Gasteiger partial charge in [0.1, 0.15) is 6.29 Å². The Hall–Kier alpha value is -0.322. The summed E-state index contributed by atoms with van der Waals surface area (Å²) in [5, 5.41) is 2.79. The molecule has 0 aliphatic rings. The first kappa shape index (κ1) is 23.7. The van der Waals surface area contributed by atoms with Crippen molar-refractivity contribution in [3.63, 3.8) is 0 Å². The molecular weight excluding hydrogens is 389 g/mol. The van der Waals surface area contributed by atoms with Gasteiger partial charge in [0.05, 0.1) is 0 Å². The summed E-state index contributed by atoms with van der Waals surface area (Å²) in [7, 11) is -3.36. The van der Waals surface area contributed by atoms with Gasteiger partial charge < -0.3 is 8.23 Å². The second kappa shape index (κ2) is 8.36. The Labute approximate surface area is 167 Å². The van der Waals surface area contributed by atoms with E-state index in [1.807, 2.05) is 12.1 Å². The lowest BCUT2D eigenvalue weighted by atomic mass is 10.2. The zero-order chi connectivity index (χ0) is 20.4. The van der Waals surface area contributed by atoms with Crippen LogP contribution in [0.2, 0.25) is 36.3 Å². The fourth-order valence-corrected chi connectivity index (χ4v) is 12.0. The van der Waals surface area contributed by atoms with Gasteiger partial charge in [-0.05, 0) is 46.6 Å². The van der Waals surface area contributed by atoms with Crippen molar-refractivity contribution < 1.29 is 13.0 Å². The quantitative estimate of drug-likeness (QED) is 0.491. The van der Waals surface area contributed by atoms with Crippen molar-refractivity contribution in [1.29, 1.82) is 0 Å². The molecule has 7 heteroatoms. The highest BCUT2D eigenvalue weighted by Gasteiger charge is 2.37. The lowest BCUT2D eigenvalue weighted by Crippen LogP contribution is -2.62. The van der Waals surface area contributed by atoms with Gasteiger partial charge in [0, 0.05) is 5.56 Å². The highest BCUT2D eigenvalue weighted by molar-refractivity contribution is 6.96. The molecule has 0 N–H and O–H groups in total. The van der Waals surface area contributed by atoms with E-state index in [2.05, 4.69) is 73.8 Å². The van der Waals surface area contributed by atoms with Crippen LogP contribution in [0.5, 0.6) is 0 Å². The van der Waals surface area contributed by atoms with Crippen LogP contribution in [0.25, 0.3) is 0 Å². The summed E-state index contributed by atoms with van der Waals surface area (Å²) < 4.78 is 13.0. The van der Waals surface area contributed by atoms with E-state index in [0.717, 1.165) is 11.8 Å². The largest absolute Gasteiger partial charge is 0.452 e. The molecule has 0 aliphatic heterocycles. The molecule has 0 fully saturated rings. The van der Waals surface area contributed by atoms with Gasteiger partial charge in [-0.25, -0.2) is 0 Å². The lowest BCUT2D eigenvalue weighted by molar-refractivity contribution is 0.112. The summed E-state index contributed by atoms with van der Waals surface area (Å²) in [5.74, 6) is 0. The van der Waals surface area contributed by atoms with Gasteiger partial charge in [-0.1, -0.05) is 59.7 Å². The average Bonchev–Trinajstić information content (AvgIpc) is 2.49. The van der Waals surface area contributed by atoms with Crippen molar-refractivity contribution in [2.45, 2.75) is 77.8 Å². The molecule has 1 aromatic rings. The molecule has 0 atom stereocenters. The summed E-state index contributed by atoms with van der Waals surface area (Å²) in [4.78, 5) is 11.4. The Balaban J connectivity index is 3.30. The van der Waals surface area contributed by atoms with E-state index in [-0.39, 0.29) is 10.1 Å². The third-order valence-corrected chi connectivity index (χ3v) is 13.5. The average molecular weight is 423 g/mol. The van der Waals surface area contributed by atoms with Gasteiger partial charge in [-0.3, -0.25) is 4.79 Å². The molecule has 26 heavy (non-hydrogen) atoms. The van der Waals surface area contributed by atoms with Crippen LogP contribution in [0.4, 0.5) is 0 Å². The van der Waals surface area contributed by atoms with Crippen LogP contribution in [-0.4, -0.2) is 42.4 Å². The summed E-state index contributed by atoms with van der Waals surface area (Å²) in [6.45, 7) is 22.2. The molecule has 1 rings (SSSR count). The van der Waals surface area contributed by atoms with Crippen LogP contribution in [0, 0.1) is 0 Å².